The van der Waals surface area contributed by atoms with E-state index in [-0.39, 0.29) is 25.7 Å². The molecule has 3 N–H and O–H groups in total. The molecule has 0 rings (SSSR count). The molecule has 0 aliphatic rings. The van der Waals surface area contributed by atoms with Crippen molar-refractivity contribution in [3.05, 3.63) is 0 Å². The Morgan fingerprint density at radius 3 is 0.738 bits per heavy atom. The number of unbranched alkanes of at least 4 members (excludes halogenated alkanes) is 49. The highest BCUT2D eigenvalue weighted by molar-refractivity contribution is 7.47. The molecule has 0 radical (unpaired) electrons. The first-order chi connectivity index (χ1) is 49.8. The topological polar surface area (TPSA) is 237 Å². The lowest BCUT2D eigenvalue weighted by molar-refractivity contribution is -0.161. The lowest BCUT2D eigenvalue weighted by atomic mass is 9.99. The van der Waals surface area contributed by atoms with E-state index in [0.717, 1.165) is 108 Å². The summed E-state index contributed by atoms with van der Waals surface area (Å²) < 4.78 is 68.9. The minimum absolute atomic E-state index is 0.107. The van der Waals surface area contributed by atoms with Crippen LogP contribution < -0.4 is 0 Å². The number of phosphoric ester groups is 2. The van der Waals surface area contributed by atoms with Gasteiger partial charge in [0.15, 0.2) is 12.2 Å². The first-order valence-electron chi connectivity index (χ1n) is 43.4. The monoisotopic (exact) mass is 1510 g/mol. The van der Waals surface area contributed by atoms with Crippen LogP contribution in [0.1, 0.15) is 440 Å². The molecule has 0 amide bonds. The van der Waals surface area contributed by atoms with Gasteiger partial charge in [0, 0.05) is 25.7 Å². The Labute approximate surface area is 632 Å². The van der Waals surface area contributed by atoms with Gasteiger partial charge in [-0.1, -0.05) is 389 Å². The summed E-state index contributed by atoms with van der Waals surface area (Å²) in [5.74, 6) is 0.325. The molecular formula is C84H164O17P2. The lowest BCUT2D eigenvalue weighted by Crippen LogP contribution is -2.30. The Morgan fingerprint density at radius 2 is 0.495 bits per heavy atom. The van der Waals surface area contributed by atoms with Crippen molar-refractivity contribution in [3.8, 4) is 0 Å². The summed E-state index contributed by atoms with van der Waals surface area (Å²) >= 11 is 0. The van der Waals surface area contributed by atoms with Gasteiger partial charge in [-0.2, -0.15) is 0 Å². The van der Waals surface area contributed by atoms with Crippen molar-refractivity contribution in [1.82, 2.24) is 0 Å². The van der Waals surface area contributed by atoms with Crippen LogP contribution in [-0.2, 0) is 65.4 Å². The average molecular weight is 1510 g/mol. The Morgan fingerprint density at radius 1 is 0.282 bits per heavy atom. The predicted octanol–water partition coefficient (Wildman–Crippen LogP) is 25.3. The van der Waals surface area contributed by atoms with Crippen LogP contribution in [0.4, 0.5) is 0 Å². The number of carbonyl (C=O) groups excluding carboxylic acids is 4. The Kier molecular flexibility index (Phi) is 72.8. The zero-order valence-electron chi connectivity index (χ0n) is 67.8. The third-order valence-electron chi connectivity index (χ3n) is 20.0. The number of esters is 4. The van der Waals surface area contributed by atoms with Gasteiger partial charge in [-0.25, -0.2) is 9.13 Å². The Hall–Kier alpha value is -1.94. The second-order valence-electron chi connectivity index (χ2n) is 31.4. The van der Waals surface area contributed by atoms with E-state index in [9.17, 15) is 43.2 Å². The summed E-state index contributed by atoms with van der Waals surface area (Å²) in [6.45, 7) is 12.1. The molecular weight excluding hydrogens is 1340 g/mol. The molecule has 0 aliphatic heterocycles. The zero-order chi connectivity index (χ0) is 75.8. The van der Waals surface area contributed by atoms with Gasteiger partial charge in [0.05, 0.1) is 26.4 Å². The van der Waals surface area contributed by atoms with Crippen molar-refractivity contribution in [2.45, 2.75) is 458 Å². The molecule has 612 valence electrons. The standard InChI is InChI=1S/C84H164O17P2/c1-8-10-11-12-13-14-15-30-37-44-51-58-65-81(86)94-71-79(101-84(89)68-61-54-47-40-33-26-25-28-35-42-49-56-63-76(5)6)73-98-102(90,91)96-69-78(85)70-97-103(92,93)99-74-80(100-83(88)67-60-53-46-39-32-24-18-16-17-21-27-34-41-48-55-62-75(3)4)72-95-82(87)66-59-52-45-38-31-23-20-19-22-29-36-43-50-57-64-77(7)9-2/h75-80,85H,8-74H2,1-7H3,(H,90,91)(H,92,93)/t77?,78-,79+,80+/m0/s1. The predicted molar refractivity (Wildman–Crippen MR) is 423 cm³/mol. The van der Waals surface area contributed by atoms with E-state index in [1.54, 1.807) is 0 Å². The third-order valence-corrected chi connectivity index (χ3v) is 21.9. The van der Waals surface area contributed by atoms with Crippen LogP contribution in [0.2, 0.25) is 0 Å². The number of ether oxygens (including phenoxy) is 4. The van der Waals surface area contributed by atoms with Crippen LogP contribution in [0.3, 0.4) is 0 Å². The molecule has 0 saturated heterocycles. The number of hydrogen-bond donors (Lipinski definition) is 3. The maximum Gasteiger partial charge on any atom is 0.472 e. The summed E-state index contributed by atoms with van der Waals surface area (Å²) in [6.07, 6.45) is 63.6. The molecule has 0 spiro atoms. The highest BCUT2D eigenvalue weighted by atomic mass is 31.2. The van der Waals surface area contributed by atoms with E-state index >= 15 is 0 Å². The van der Waals surface area contributed by atoms with Gasteiger partial charge in [0.25, 0.3) is 0 Å². The SMILES string of the molecule is CCCCCCCCCCCCCCC(=O)OC[C@H](COP(=O)(O)OC[C@H](O)COP(=O)(O)OC[C@@H](COC(=O)CCCCCCCCCCCCCCCCC(C)CC)OC(=O)CCCCCCCCCCCCCCCCCC(C)C)OC(=O)CCCCCCCCCCCCCCC(C)C. The van der Waals surface area contributed by atoms with Gasteiger partial charge in [0.1, 0.15) is 19.3 Å². The van der Waals surface area contributed by atoms with Crippen LogP contribution in [-0.4, -0.2) is 96.7 Å². The molecule has 3 unspecified atom stereocenters. The zero-order valence-corrected chi connectivity index (χ0v) is 69.6. The van der Waals surface area contributed by atoms with Gasteiger partial charge in [-0.15, -0.1) is 0 Å². The van der Waals surface area contributed by atoms with Crippen LogP contribution in [0.25, 0.3) is 0 Å². The second kappa shape index (κ2) is 74.2. The van der Waals surface area contributed by atoms with E-state index in [1.165, 1.54) is 250 Å². The maximum atomic E-state index is 13.1. The molecule has 0 saturated carbocycles. The number of aliphatic hydroxyl groups excluding tert-OH is 1. The van der Waals surface area contributed by atoms with E-state index in [2.05, 4.69) is 48.5 Å². The van der Waals surface area contributed by atoms with Crippen molar-refractivity contribution in [2.75, 3.05) is 39.6 Å². The van der Waals surface area contributed by atoms with E-state index < -0.39 is 97.5 Å². The molecule has 0 heterocycles. The second-order valence-corrected chi connectivity index (χ2v) is 34.3. The molecule has 0 bridgehead atoms. The largest absolute Gasteiger partial charge is 0.472 e. The summed E-state index contributed by atoms with van der Waals surface area (Å²) in [7, 11) is -9.93. The van der Waals surface area contributed by atoms with Gasteiger partial charge in [-0.05, 0) is 43.4 Å². The first kappa shape index (κ1) is 101. The fraction of sp³-hybridized carbons (Fsp3) is 0.952. The molecule has 0 fully saturated rings. The van der Waals surface area contributed by atoms with Gasteiger partial charge in [-0.3, -0.25) is 37.3 Å². The van der Waals surface area contributed by atoms with Crippen molar-refractivity contribution < 1.29 is 80.2 Å². The summed E-state index contributed by atoms with van der Waals surface area (Å²) in [5.41, 5.74) is 0. The van der Waals surface area contributed by atoms with E-state index in [4.69, 9.17) is 37.0 Å². The molecule has 19 heteroatoms. The fourth-order valence-corrected chi connectivity index (χ4v) is 14.6. The minimum atomic E-state index is -4.97. The number of carbonyl (C=O) groups is 4. The Balaban J connectivity index is 5.27. The molecule has 17 nitrogen and oxygen atoms in total. The molecule has 0 aromatic carbocycles. The molecule has 6 atom stereocenters. The lowest BCUT2D eigenvalue weighted by Gasteiger charge is -2.21. The minimum Gasteiger partial charge on any atom is -0.462 e. The molecule has 0 aliphatic carbocycles. The van der Waals surface area contributed by atoms with E-state index in [0.29, 0.717) is 25.7 Å². The first-order valence-corrected chi connectivity index (χ1v) is 46.4. The Bertz CT molecular complexity index is 1990. The summed E-state index contributed by atoms with van der Waals surface area (Å²) in [6, 6.07) is 0. The van der Waals surface area contributed by atoms with Gasteiger partial charge < -0.3 is 33.8 Å². The number of rotatable bonds is 82. The number of phosphoric acid groups is 2. The molecule has 0 aromatic heterocycles. The number of hydrogen-bond acceptors (Lipinski definition) is 15. The quantitative estimate of drug-likeness (QED) is 0.0222. The summed E-state index contributed by atoms with van der Waals surface area (Å²) in [4.78, 5) is 73.2. The van der Waals surface area contributed by atoms with Crippen LogP contribution in [0.15, 0.2) is 0 Å². The normalized spacial score (nSPS) is 14.2. The van der Waals surface area contributed by atoms with Crippen LogP contribution in [0.5, 0.6) is 0 Å². The number of aliphatic hydroxyl groups is 1. The van der Waals surface area contributed by atoms with Gasteiger partial charge in [0.2, 0.25) is 0 Å². The smallest absolute Gasteiger partial charge is 0.462 e. The summed E-state index contributed by atoms with van der Waals surface area (Å²) in [5, 5.41) is 10.7. The van der Waals surface area contributed by atoms with Crippen molar-refractivity contribution in [3.63, 3.8) is 0 Å². The average Bonchev–Trinajstić information content (AvgIpc) is 0.922. The van der Waals surface area contributed by atoms with Crippen molar-refractivity contribution in [1.29, 1.82) is 0 Å². The van der Waals surface area contributed by atoms with Crippen LogP contribution >= 0.6 is 15.6 Å². The fourth-order valence-electron chi connectivity index (χ4n) is 13.0. The van der Waals surface area contributed by atoms with Gasteiger partial charge >= 0.3 is 39.5 Å². The maximum absolute atomic E-state index is 13.1. The molecule has 103 heavy (non-hydrogen) atoms. The van der Waals surface area contributed by atoms with Crippen molar-refractivity contribution >= 4 is 39.5 Å². The third kappa shape index (κ3) is 76.6. The van der Waals surface area contributed by atoms with Crippen molar-refractivity contribution in [2.24, 2.45) is 17.8 Å². The molecule has 0 aromatic rings. The van der Waals surface area contributed by atoms with Crippen LogP contribution in [0, 0.1) is 17.8 Å². The highest BCUT2D eigenvalue weighted by Crippen LogP contribution is 2.45. The van der Waals surface area contributed by atoms with E-state index in [1.807, 2.05) is 0 Å². The highest BCUT2D eigenvalue weighted by Gasteiger charge is 2.30.